The lowest BCUT2D eigenvalue weighted by Crippen LogP contribution is -1.91. The molecule has 0 aliphatic heterocycles. The summed E-state index contributed by atoms with van der Waals surface area (Å²) in [6, 6.07) is -26.6. The summed E-state index contributed by atoms with van der Waals surface area (Å²) in [7, 11) is 0. The molecule has 0 aliphatic rings. The van der Waals surface area contributed by atoms with E-state index in [2.05, 4.69) is 0 Å². The van der Waals surface area contributed by atoms with Crippen LogP contribution in [0.5, 0.6) is 0 Å². The predicted molar refractivity (Wildman–Crippen MR) is 190 cm³/mol. The van der Waals surface area contributed by atoms with Crippen molar-refractivity contribution < 1.29 is 42.8 Å². The van der Waals surface area contributed by atoms with Crippen LogP contribution in [0, 0.1) is 0 Å². The Morgan fingerprint density at radius 2 is 0.800 bits per heavy atom. The van der Waals surface area contributed by atoms with E-state index in [0.29, 0.717) is 0 Å². The molecule has 1 heteroatoms. The van der Waals surface area contributed by atoms with Gasteiger partial charge in [-0.15, -0.1) is 0 Å². The Hall–Kier alpha value is -5.92. The maximum atomic E-state index is 9.53. The molecule has 9 rings (SSSR count). The third-order valence-corrected chi connectivity index (χ3v) is 7.12. The summed E-state index contributed by atoms with van der Waals surface area (Å²) >= 11 is 0. The van der Waals surface area contributed by atoms with Crippen molar-refractivity contribution in [2.24, 2.45) is 0 Å². The molecule has 0 saturated heterocycles. The fourth-order valence-electron chi connectivity index (χ4n) is 5.28. The first kappa shape index (κ1) is 10.1. The molecule has 0 spiro atoms. The van der Waals surface area contributed by atoms with Crippen LogP contribution in [-0.2, 0) is 0 Å². The minimum absolute atomic E-state index is 0.621. The molecule has 1 heterocycles. The first-order valence-corrected chi connectivity index (χ1v) is 13.2. The van der Waals surface area contributed by atoms with Crippen LogP contribution in [0.1, 0.15) is 38.4 Å². The number of para-hydroxylation sites is 1. The second-order valence-corrected chi connectivity index (χ2v) is 9.51. The summed E-state index contributed by atoms with van der Waals surface area (Å²) in [4.78, 5) is 0. The normalized spacial score (nSPS) is 20.3. The Morgan fingerprint density at radius 3 is 1.44 bits per heavy atom. The first-order valence-electron chi connectivity index (χ1n) is 27.2. The van der Waals surface area contributed by atoms with Gasteiger partial charge >= 0.3 is 0 Å². The van der Waals surface area contributed by atoms with E-state index in [4.69, 9.17) is 31.8 Å². The number of hydrogen-bond acceptors (Lipinski definition) is 1. The fraction of sp³-hybridized carbons (Fsp3) is 0. The monoisotopic (exact) mass is 600 g/mol. The highest BCUT2D eigenvalue weighted by atomic mass is 16.3. The Kier molecular flexibility index (Phi) is 2.32. The highest BCUT2D eigenvalue weighted by Gasteiger charge is 2.21. The minimum atomic E-state index is -1.02. The molecule has 210 valence electrons. The molecule has 0 saturated carbocycles. The molecule has 0 aliphatic carbocycles. The van der Waals surface area contributed by atoms with Crippen molar-refractivity contribution in [1.82, 2.24) is 0 Å². The first-order chi connectivity index (χ1) is 34.0. The van der Waals surface area contributed by atoms with Crippen LogP contribution in [0.3, 0.4) is 0 Å². The highest BCUT2D eigenvalue weighted by molar-refractivity contribution is 6.26. The Morgan fingerprint density at radius 1 is 0.333 bits per heavy atom. The highest BCUT2D eigenvalue weighted by Crippen LogP contribution is 2.47. The van der Waals surface area contributed by atoms with Gasteiger partial charge in [0, 0.05) is 16.3 Å². The van der Waals surface area contributed by atoms with E-state index in [1.807, 2.05) is 0 Å². The van der Waals surface area contributed by atoms with E-state index >= 15 is 0 Å². The summed E-state index contributed by atoms with van der Waals surface area (Å²) in [6.07, 6.45) is 0. The van der Waals surface area contributed by atoms with Crippen LogP contribution >= 0.6 is 0 Å². The zero-order valence-corrected chi connectivity index (χ0v) is 22.4. The van der Waals surface area contributed by atoms with Crippen molar-refractivity contribution in [1.29, 1.82) is 0 Å². The quantitative estimate of drug-likeness (QED) is 0.183. The molecule has 0 radical (unpaired) electrons. The number of furan rings is 1. The lowest BCUT2D eigenvalue weighted by molar-refractivity contribution is 0.670. The average Bonchev–Trinajstić information content (AvgIpc) is 3.75. The molecular formula is C44H28O. The van der Waals surface area contributed by atoms with Crippen molar-refractivity contribution in [3.05, 3.63) is 169 Å². The molecule has 0 atom stereocenters. The maximum Gasteiger partial charge on any atom is 0.143 e. The summed E-state index contributed by atoms with van der Waals surface area (Å²) in [5.74, 6) is 0. The number of rotatable bonds is 4. The van der Waals surface area contributed by atoms with Crippen LogP contribution in [0.15, 0.2) is 174 Å². The molecule has 0 N–H and O–H groups in total. The van der Waals surface area contributed by atoms with Crippen molar-refractivity contribution in [3.8, 4) is 44.5 Å². The van der Waals surface area contributed by atoms with E-state index in [1.54, 1.807) is 0 Å². The van der Waals surface area contributed by atoms with E-state index in [0.717, 1.165) is 0 Å². The van der Waals surface area contributed by atoms with E-state index < -0.39 is 257 Å². The standard InChI is InChI=1S/C44H28O/c1-3-13-29(14-4-1)30-25-27-31(28-26-30)33-21-11-23-39-43-38(22-12-24-40(43)45-44(33)39)42-36-19-9-7-17-34(36)41(32-15-5-2-6-16-32)35-18-8-10-20-37(35)42/h1-28H/i1D,2D,3D,4D,5D,6D,7D,8D,9D,10D,11D,12D,13D,14D,15D,16D,17D,18D,19D,20D,21D,22D,23D,24D,25D,26D,27D,28D. The van der Waals surface area contributed by atoms with Crippen LogP contribution < -0.4 is 0 Å². The van der Waals surface area contributed by atoms with Gasteiger partial charge in [-0.1, -0.05) is 163 Å². The molecule has 1 aromatic heterocycles. The second-order valence-electron chi connectivity index (χ2n) is 9.51. The Bertz CT molecular complexity index is 3950. The third kappa shape index (κ3) is 4.09. The third-order valence-electron chi connectivity index (χ3n) is 7.12. The van der Waals surface area contributed by atoms with Gasteiger partial charge < -0.3 is 4.42 Å². The lowest BCUT2D eigenvalue weighted by atomic mass is 9.85. The molecule has 8 aromatic carbocycles. The number of benzene rings is 8. The Labute approximate surface area is 301 Å². The smallest absolute Gasteiger partial charge is 0.143 e. The van der Waals surface area contributed by atoms with Crippen molar-refractivity contribution in [2.45, 2.75) is 0 Å². The van der Waals surface area contributed by atoms with Gasteiger partial charge in [-0.05, 0) is 66.5 Å². The van der Waals surface area contributed by atoms with Crippen molar-refractivity contribution in [3.63, 3.8) is 0 Å². The summed E-state index contributed by atoms with van der Waals surface area (Å²) in [5, 5.41) is -4.11. The SMILES string of the molecule is [2H]c1c([2H])c([2H])c(-c2c([2H])c([2H])c(-c3c([2H])c([2H])c([2H])c4c3oc3c([2H])c([2H])c([2H])c(-c5c6c([2H])c([2H])c([2H])c([2H])c6c(-c6c([2H])c([2H])c([2H])c([2H])c6[2H])c6c([2H])c([2H])c([2H])c([2H])c56)c34)c([2H])c2[2H])c([2H])c1[2H]. The van der Waals surface area contributed by atoms with Gasteiger partial charge in [-0.3, -0.25) is 0 Å². The Balaban J connectivity index is 1.57. The van der Waals surface area contributed by atoms with Gasteiger partial charge in [0.05, 0.1) is 38.4 Å². The van der Waals surface area contributed by atoms with Crippen molar-refractivity contribution >= 4 is 43.5 Å². The van der Waals surface area contributed by atoms with Crippen LogP contribution in [-0.4, -0.2) is 0 Å². The van der Waals surface area contributed by atoms with E-state index in [9.17, 15) is 11.0 Å². The van der Waals surface area contributed by atoms with Gasteiger partial charge in [0.1, 0.15) is 11.2 Å². The van der Waals surface area contributed by atoms with Crippen molar-refractivity contribution in [2.75, 3.05) is 0 Å². The average molecular weight is 601 g/mol. The summed E-state index contributed by atoms with van der Waals surface area (Å²) in [5.41, 5.74) is -7.40. The maximum absolute atomic E-state index is 9.53. The molecule has 1 nitrogen and oxygen atoms in total. The zero-order valence-electron chi connectivity index (χ0n) is 50.4. The molecule has 9 aromatic rings. The van der Waals surface area contributed by atoms with Crippen LogP contribution in [0.4, 0.5) is 0 Å². The second kappa shape index (κ2) is 10.4. The van der Waals surface area contributed by atoms with Crippen LogP contribution in [0.25, 0.3) is 88.0 Å². The number of hydrogen-bond donors (Lipinski definition) is 0. The largest absolute Gasteiger partial charge is 0.455 e. The molecule has 0 bridgehead atoms. The molecule has 45 heavy (non-hydrogen) atoms. The molecule has 0 unspecified atom stereocenters. The van der Waals surface area contributed by atoms with Gasteiger partial charge in [0.25, 0.3) is 0 Å². The van der Waals surface area contributed by atoms with E-state index in [1.165, 1.54) is 0 Å². The van der Waals surface area contributed by atoms with Gasteiger partial charge in [0.15, 0.2) is 0 Å². The van der Waals surface area contributed by atoms with Gasteiger partial charge in [-0.2, -0.15) is 0 Å². The molecule has 0 amide bonds. The lowest BCUT2D eigenvalue weighted by Gasteiger charge is -2.18. The van der Waals surface area contributed by atoms with Crippen LogP contribution in [0.2, 0.25) is 0 Å². The fourth-order valence-corrected chi connectivity index (χ4v) is 5.28. The summed E-state index contributed by atoms with van der Waals surface area (Å²) < 4.78 is 255. The van der Waals surface area contributed by atoms with Gasteiger partial charge in [-0.25, -0.2) is 0 Å². The zero-order chi connectivity index (χ0) is 54.1. The molecule has 0 fully saturated rings. The van der Waals surface area contributed by atoms with E-state index in [-0.39, 0.29) is 0 Å². The predicted octanol–water partition coefficient (Wildman–Crippen LogP) is 12.6. The van der Waals surface area contributed by atoms with Gasteiger partial charge in [0.2, 0.25) is 0 Å². The topological polar surface area (TPSA) is 13.1 Å². The minimum Gasteiger partial charge on any atom is -0.455 e. The molecular weight excluding hydrogens is 544 g/mol. The number of fused-ring (bicyclic) bond motifs is 5. The summed E-state index contributed by atoms with van der Waals surface area (Å²) in [6.45, 7) is 0.